The van der Waals surface area contributed by atoms with Gasteiger partial charge in [-0.25, -0.2) is 4.79 Å². The van der Waals surface area contributed by atoms with Crippen LogP contribution >= 0.6 is 0 Å². The van der Waals surface area contributed by atoms with Crippen LogP contribution in [-0.2, 0) is 9.53 Å². The molecule has 0 saturated heterocycles. The van der Waals surface area contributed by atoms with Crippen LogP contribution in [0.25, 0.3) is 0 Å². The van der Waals surface area contributed by atoms with Crippen molar-refractivity contribution in [1.29, 1.82) is 0 Å². The zero-order valence-electron chi connectivity index (χ0n) is 14.2. The third-order valence-electron chi connectivity index (χ3n) is 2.98. The third-order valence-corrected chi connectivity index (χ3v) is 2.98. The van der Waals surface area contributed by atoms with Crippen LogP contribution < -0.4 is 10.1 Å². The highest BCUT2D eigenvalue weighted by Gasteiger charge is 2.21. The molecule has 1 aromatic rings. The van der Waals surface area contributed by atoms with E-state index in [-0.39, 0.29) is 25.2 Å². The van der Waals surface area contributed by atoms with Crippen LogP contribution in [0.1, 0.15) is 37.6 Å². The van der Waals surface area contributed by atoms with E-state index in [1.165, 1.54) is 0 Å². The number of carboxylic acids is 1. The number of carbonyl (C=O) groups is 2. The summed E-state index contributed by atoms with van der Waals surface area (Å²) in [7, 11) is 0. The number of aliphatic carboxylic acids is 1. The summed E-state index contributed by atoms with van der Waals surface area (Å²) in [6.07, 6.45) is 5.28. The molecule has 0 aliphatic rings. The fourth-order valence-corrected chi connectivity index (χ4v) is 1.81. The summed E-state index contributed by atoms with van der Waals surface area (Å²) in [5, 5.41) is 11.7. The molecule has 0 aliphatic carbocycles. The van der Waals surface area contributed by atoms with Crippen molar-refractivity contribution in [3.63, 3.8) is 0 Å². The average molecular weight is 333 g/mol. The van der Waals surface area contributed by atoms with E-state index in [0.717, 1.165) is 0 Å². The van der Waals surface area contributed by atoms with Crippen molar-refractivity contribution in [3.05, 3.63) is 29.8 Å². The van der Waals surface area contributed by atoms with Crippen molar-refractivity contribution in [2.75, 3.05) is 13.2 Å². The fraction of sp³-hybridized carbons (Fsp3) is 0.444. The molecular formula is C18H23NO5. The lowest BCUT2D eigenvalue weighted by Crippen LogP contribution is -2.42. The summed E-state index contributed by atoms with van der Waals surface area (Å²) in [6.45, 7) is 6.02. The van der Waals surface area contributed by atoms with Gasteiger partial charge in [0.15, 0.2) is 0 Å². The lowest BCUT2D eigenvalue weighted by atomic mass is 10.1. The quantitative estimate of drug-likeness (QED) is 0.712. The van der Waals surface area contributed by atoms with Crippen molar-refractivity contribution in [2.24, 2.45) is 0 Å². The Hall–Kier alpha value is -2.52. The van der Waals surface area contributed by atoms with Gasteiger partial charge in [0.1, 0.15) is 18.4 Å². The molecule has 1 aromatic carbocycles. The molecule has 0 aliphatic heterocycles. The van der Waals surface area contributed by atoms with Crippen LogP contribution in [0, 0.1) is 12.3 Å². The first-order valence-electron chi connectivity index (χ1n) is 7.57. The molecule has 0 radical (unpaired) electrons. The van der Waals surface area contributed by atoms with Crippen LogP contribution in [0.2, 0.25) is 0 Å². The van der Waals surface area contributed by atoms with E-state index in [0.29, 0.717) is 11.3 Å². The molecule has 0 spiro atoms. The van der Waals surface area contributed by atoms with E-state index in [1.54, 1.807) is 24.3 Å². The van der Waals surface area contributed by atoms with Gasteiger partial charge in [-0.05, 0) is 45.0 Å². The molecule has 130 valence electrons. The molecule has 6 heteroatoms. The number of hydrogen-bond donors (Lipinski definition) is 2. The minimum Gasteiger partial charge on any atom is -0.481 e. The second-order valence-electron chi connectivity index (χ2n) is 6.13. The van der Waals surface area contributed by atoms with Crippen LogP contribution in [-0.4, -0.2) is 41.8 Å². The number of hydrogen-bond acceptors (Lipinski definition) is 4. The number of terminal acetylenes is 1. The van der Waals surface area contributed by atoms with Crippen molar-refractivity contribution < 1.29 is 24.2 Å². The number of ether oxygens (including phenoxy) is 2. The molecular weight excluding hydrogens is 310 g/mol. The minimum atomic E-state index is -1.10. The van der Waals surface area contributed by atoms with Crippen LogP contribution in [0.3, 0.4) is 0 Å². The first-order valence-corrected chi connectivity index (χ1v) is 7.57. The van der Waals surface area contributed by atoms with Gasteiger partial charge in [-0.3, -0.25) is 4.79 Å². The number of benzene rings is 1. The van der Waals surface area contributed by atoms with Gasteiger partial charge in [0.25, 0.3) is 5.91 Å². The Balaban J connectivity index is 2.61. The predicted molar refractivity (Wildman–Crippen MR) is 90.0 cm³/mol. The number of carboxylic acid groups (broad SMARTS) is 1. The molecule has 1 amide bonds. The van der Waals surface area contributed by atoms with Gasteiger partial charge in [-0.15, -0.1) is 6.42 Å². The molecule has 0 heterocycles. The molecule has 0 bridgehead atoms. The van der Waals surface area contributed by atoms with Crippen molar-refractivity contribution in [2.45, 2.75) is 38.8 Å². The normalized spacial score (nSPS) is 12.1. The third kappa shape index (κ3) is 7.16. The van der Waals surface area contributed by atoms with E-state index in [4.69, 9.17) is 15.9 Å². The van der Waals surface area contributed by atoms with E-state index in [1.807, 2.05) is 20.8 Å². The number of rotatable bonds is 8. The zero-order valence-corrected chi connectivity index (χ0v) is 14.2. The summed E-state index contributed by atoms with van der Waals surface area (Å²) in [5.74, 6) is 1.31. The van der Waals surface area contributed by atoms with Gasteiger partial charge < -0.3 is 19.9 Å². The topological polar surface area (TPSA) is 84.9 Å². The van der Waals surface area contributed by atoms with Crippen LogP contribution in [0.15, 0.2) is 24.3 Å². The Morgan fingerprint density at radius 3 is 2.42 bits per heavy atom. The molecule has 24 heavy (non-hydrogen) atoms. The summed E-state index contributed by atoms with van der Waals surface area (Å²) in [5.41, 5.74) is -0.0209. The molecule has 0 saturated carbocycles. The van der Waals surface area contributed by atoms with Gasteiger partial charge in [0.2, 0.25) is 0 Å². The molecule has 0 aromatic heterocycles. The molecule has 0 fully saturated rings. The van der Waals surface area contributed by atoms with E-state index in [9.17, 15) is 14.7 Å². The van der Waals surface area contributed by atoms with Gasteiger partial charge in [0.05, 0.1) is 5.60 Å². The second kappa shape index (κ2) is 8.94. The average Bonchev–Trinajstić information content (AvgIpc) is 2.51. The van der Waals surface area contributed by atoms with Gasteiger partial charge in [-0.2, -0.15) is 0 Å². The summed E-state index contributed by atoms with van der Waals surface area (Å²) in [6, 6.07) is 5.28. The Morgan fingerprint density at radius 2 is 1.92 bits per heavy atom. The molecule has 1 rings (SSSR count). The highest BCUT2D eigenvalue weighted by Crippen LogP contribution is 2.13. The molecule has 6 nitrogen and oxygen atoms in total. The SMILES string of the molecule is C#CCOc1ccc(C(=O)NC(CCOC(C)(C)C)C(=O)O)cc1. The van der Waals surface area contributed by atoms with Crippen molar-refractivity contribution >= 4 is 11.9 Å². The Morgan fingerprint density at radius 1 is 1.29 bits per heavy atom. The number of amides is 1. The van der Waals surface area contributed by atoms with E-state index < -0.39 is 17.9 Å². The second-order valence-corrected chi connectivity index (χ2v) is 6.13. The van der Waals surface area contributed by atoms with Crippen molar-refractivity contribution in [1.82, 2.24) is 5.32 Å². The molecule has 2 N–H and O–H groups in total. The number of nitrogens with one attached hydrogen (secondary N) is 1. The predicted octanol–water partition coefficient (Wildman–Crippen LogP) is 2.09. The molecule has 1 atom stereocenters. The smallest absolute Gasteiger partial charge is 0.326 e. The number of carbonyl (C=O) groups excluding carboxylic acids is 1. The van der Waals surface area contributed by atoms with Crippen LogP contribution in [0.5, 0.6) is 5.75 Å². The maximum absolute atomic E-state index is 12.2. The van der Waals surface area contributed by atoms with Gasteiger partial charge >= 0.3 is 5.97 Å². The maximum Gasteiger partial charge on any atom is 0.326 e. The first-order chi connectivity index (χ1) is 11.2. The van der Waals surface area contributed by atoms with Crippen LogP contribution in [0.4, 0.5) is 0 Å². The zero-order chi connectivity index (χ0) is 18.2. The Labute approximate surface area is 142 Å². The van der Waals surface area contributed by atoms with Crippen molar-refractivity contribution in [3.8, 4) is 18.1 Å². The summed E-state index contributed by atoms with van der Waals surface area (Å²) < 4.78 is 10.7. The first kappa shape index (κ1) is 19.5. The van der Waals surface area contributed by atoms with E-state index >= 15 is 0 Å². The fourth-order valence-electron chi connectivity index (χ4n) is 1.81. The monoisotopic (exact) mass is 333 g/mol. The Bertz CT molecular complexity index is 595. The maximum atomic E-state index is 12.2. The highest BCUT2D eigenvalue weighted by atomic mass is 16.5. The molecule has 1 unspecified atom stereocenters. The minimum absolute atomic E-state index is 0.139. The standard InChI is InChI=1S/C18H23NO5/c1-5-11-23-14-8-6-13(7-9-14)16(20)19-15(17(21)22)10-12-24-18(2,3)4/h1,6-9,15H,10-12H2,2-4H3,(H,19,20)(H,21,22). The van der Waals surface area contributed by atoms with Gasteiger partial charge in [-0.1, -0.05) is 5.92 Å². The largest absolute Gasteiger partial charge is 0.481 e. The highest BCUT2D eigenvalue weighted by molar-refractivity contribution is 5.96. The lowest BCUT2D eigenvalue weighted by Gasteiger charge is -2.21. The lowest BCUT2D eigenvalue weighted by molar-refractivity contribution is -0.140. The Kier molecular flexibility index (Phi) is 7.28. The van der Waals surface area contributed by atoms with Gasteiger partial charge in [0, 0.05) is 18.6 Å². The van der Waals surface area contributed by atoms with E-state index in [2.05, 4.69) is 11.2 Å². The summed E-state index contributed by atoms with van der Waals surface area (Å²) >= 11 is 0. The summed E-state index contributed by atoms with van der Waals surface area (Å²) in [4.78, 5) is 23.4.